The van der Waals surface area contributed by atoms with Crippen LogP contribution in [0.25, 0.3) is 0 Å². The summed E-state index contributed by atoms with van der Waals surface area (Å²) in [5.41, 5.74) is 4.25. The normalized spacial score (nSPS) is 19.6. The molecule has 3 aromatic rings. The monoisotopic (exact) mass is 596 g/mol. The Bertz CT molecular complexity index is 1560. The minimum atomic E-state index is -0.896. The molecule has 2 aliphatic heterocycles. The molecule has 0 radical (unpaired) electrons. The summed E-state index contributed by atoms with van der Waals surface area (Å²) in [6, 6.07) is 26.8. The number of nitro groups is 1. The molecule has 0 bridgehead atoms. The number of carbonyl (C=O) groups is 2. The average Bonchev–Trinajstić information content (AvgIpc) is 3.01. The van der Waals surface area contributed by atoms with Crippen LogP contribution in [-0.4, -0.2) is 47.6 Å². The van der Waals surface area contributed by atoms with Gasteiger partial charge >= 0.3 is 11.9 Å². The van der Waals surface area contributed by atoms with Crippen LogP contribution in [-0.2, 0) is 32.2 Å². The number of benzene rings is 3. The van der Waals surface area contributed by atoms with Crippen LogP contribution in [0.2, 0.25) is 0 Å². The number of carbonyl (C=O) groups excluding carboxylic acids is 2. The third-order valence-corrected chi connectivity index (χ3v) is 8.54. The number of piperidine rings is 1. The van der Waals surface area contributed by atoms with E-state index in [0.717, 1.165) is 37.0 Å². The SMILES string of the molecule is COC(=O)C1=C(C)NC(C)=C(C(=O)OC2CCC[N+](Cc3ccccc3)(Cc3ccccc3)C2)C1c1cccc([N+](=O)[O-])c1. The number of allylic oxidation sites excluding steroid dienone is 2. The lowest BCUT2D eigenvalue weighted by atomic mass is 9.80. The molecule has 2 heterocycles. The summed E-state index contributed by atoms with van der Waals surface area (Å²) >= 11 is 0. The van der Waals surface area contributed by atoms with E-state index in [0.29, 0.717) is 23.5 Å². The van der Waals surface area contributed by atoms with Gasteiger partial charge in [-0.15, -0.1) is 0 Å². The van der Waals surface area contributed by atoms with Gasteiger partial charge in [0.1, 0.15) is 19.6 Å². The maximum atomic E-state index is 14.1. The van der Waals surface area contributed by atoms with Gasteiger partial charge in [-0.05, 0) is 25.8 Å². The fraction of sp³-hybridized carbons (Fsp3) is 0.314. The standard InChI is InChI=1S/C35H37N3O6/c1-24-31(34(39)43-3)33(28-16-10-17-29(20-28)37(41)42)32(25(2)36-24)35(40)44-30-18-11-19-38(23-30,21-26-12-6-4-7-13-26)22-27-14-8-5-9-15-27/h4-10,12-17,20,30,33H,11,18-19,21-23H2,1-3H3/p+1. The van der Waals surface area contributed by atoms with Crippen molar-refractivity contribution in [2.45, 2.75) is 51.8 Å². The number of likely N-dealkylation sites (tertiary alicyclic amines) is 1. The third kappa shape index (κ3) is 6.73. The Hall–Kier alpha value is -4.76. The molecule has 1 N–H and O–H groups in total. The number of rotatable bonds is 9. The van der Waals surface area contributed by atoms with E-state index in [-0.39, 0.29) is 22.9 Å². The Kier molecular flexibility index (Phi) is 9.25. The molecule has 3 aromatic carbocycles. The number of non-ortho nitro benzene ring substituents is 1. The van der Waals surface area contributed by atoms with Crippen molar-refractivity contribution in [1.82, 2.24) is 5.32 Å². The quantitative estimate of drug-likeness (QED) is 0.141. The van der Waals surface area contributed by atoms with Crippen molar-refractivity contribution in [1.29, 1.82) is 0 Å². The van der Waals surface area contributed by atoms with Crippen LogP contribution in [0.15, 0.2) is 107 Å². The second-order valence-electron chi connectivity index (χ2n) is 11.7. The van der Waals surface area contributed by atoms with Gasteiger partial charge in [-0.1, -0.05) is 72.8 Å². The van der Waals surface area contributed by atoms with Gasteiger partial charge in [-0.25, -0.2) is 9.59 Å². The zero-order valence-electron chi connectivity index (χ0n) is 25.3. The molecule has 2 aliphatic rings. The van der Waals surface area contributed by atoms with Crippen molar-refractivity contribution in [3.05, 3.63) is 134 Å². The number of dihydropyridines is 1. The predicted octanol–water partition coefficient (Wildman–Crippen LogP) is 5.93. The Labute approximate surface area is 257 Å². The highest BCUT2D eigenvalue weighted by Crippen LogP contribution is 2.40. The lowest BCUT2D eigenvalue weighted by Gasteiger charge is -2.44. The summed E-state index contributed by atoms with van der Waals surface area (Å²) in [6.07, 6.45) is 1.24. The first-order valence-electron chi connectivity index (χ1n) is 14.8. The van der Waals surface area contributed by atoms with Crippen LogP contribution in [0.1, 0.15) is 49.3 Å². The van der Waals surface area contributed by atoms with Crippen molar-refractivity contribution in [3.8, 4) is 0 Å². The number of nitro benzene ring substituents is 1. The van der Waals surface area contributed by atoms with Crippen LogP contribution in [0.3, 0.4) is 0 Å². The highest BCUT2D eigenvalue weighted by atomic mass is 16.6. The smallest absolute Gasteiger partial charge is 0.337 e. The van der Waals surface area contributed by atoms with Gasteiger partial charge in [0.05, 0.1) is 35.6 Å². The van der Waals surface area contributed by atoms with E-state index in [2.05, 4.69) is 29.6 Å². The molecule has 0 amide bonds. The number of methoxy groups -OCH3 is 1. The number of nitrogens with zero attached hydrogens (tertiary/aromatic N) is 2. The van der Waals surface area contributed by atoms with E-state index in [1.54, 1.807) is 26.0 Å². The van der Waals surface area contributed by atoms with Crippen LogP contribution < -0.4 is 5.32 Å². The molecular weight excluding hydrogens is 558 g/mol. The molecule has 5 rings (SSSR count). The number of hydrogen-bond donors (Lipinski definition) is 1. The van der Waals surface area contributed by atoms with E-state index < -0.39 is 22.8 Å². The summed E-state index contributed by atoms with van der Waals surface area (Å²) in [7, 11) is 1.27. The van der Waals surface area contributed by atoms with Crippen LogP contribution in [0, 0.1) is 10.1 Å². The number of hydrogen-bond acceptors (Lipinski definition) is 7. The van der Waals surface area contributed by atoms with E-state index >= 15 is 0 Å². The molecule has 1 saturated heterocycles. The molecule has 9 heteroatoms. The van der Waals surface area contributed by atoms with Crippen LogP contribution >= 0.6 is 0 Å². The second kappa shape index (κ2) is 13.3. The molecule has 0 aliphatic carbocycles. The van der Waals surface area contributed by atoms with Crippen LogP contribution in [0.5, 0.6) is 0 Å². The van der Waals surface area contributed by atoms with Gasteiger partial charge < -0.3 is 19.3 Å². The molecule has 228 valence electrons. The van der Waals surface area contributed by atoms with Crippen molar-refractivity contribution in [2.24, 2.45) is 0 Å². The van der Waals surface area contributed by atoms with Crippen molar-refractivity contribution in [3.63, 3.8) is 0 Å². The lowest BCUT2D eigenvalue weighted by Crippen LogP contribution is -2.55. The Morgan fingerprint density at radius 3 is 2.05 bits per heavy atom. The zero-order valence-corrected chi connectivity index (χ0v) is 25.3. The van der Waals surface area contributed by atoms with Gasteiger partial charge in [0.2, 0.25) is 0 Å². The fourth-order valence-electron chi connectivity index (χ4n) is 6.66. The molecule has 0 spiro atoms. The first-order chi connectivity index (χ1) is 21.2. The lowest BCUT2D eigenvalue weighted by molar-refractivity contribution is -0.960. The molecule has 0 saturated carbocycles. The third-order valence-electron chi connectivity index (χ3n) is 8.54. The molecule has 1 fully saturated rings. The molecule has 44 heavy (non-hydrogen) atoms. The van der Waals surface area contributed by atoms with Gasteiger partial charge in [0.25, 0.3) is 5.69 Å². The number of nitrogens with one attached hydrogen (secondary N) is 1. The summed E-state index contributed by atoms with van der Waals surface area (Å²) in [5.74, 6) is -2.07. The minimum absolute atomic E-state index is 0.135. The minimum Gasteiger partial charge on any atom is -0.466 e. The molecule has 0 aromatic heterocycles. The summed E-state index contributed by atoms with van der Waals surface area (Å²) in [4.78, 5) is 38.3. The maximum Gasteiger partial charge on any atom is 0.337 e. The highest BCUT2D eigenvalue weighted by molar-refractivity contribution is 6.00. The van der Waals surface area contributed by atoms with Crippen molar-refractivity contribution >= 4 is 17.6 Å². The van der Waals surface area contributed by atoms with Gasteiger partial charge in [0.15, 0.2) is 6.10 Å². The van der Waals surface area contributed by atoms with Gasteiger partial charge in [0, 0.05) is 41.1 Å². The Morgan fingerprint density at radius 2 is 1.48 bits per heavy atom. The topological polar surface area (TPSA) is 108 Å². The molecule has 2 atom stereocenters. The second-order valence-corrected chi connectivity index (χ2v) is 11.7. The predicted molar refractivity (Wildman–Crippen MR) is 166 cm³/mol. The first kappa shape index (κ1) is 30.7. The largest absolute Gasteiger partial charge is 0.466 e. The van der Waals surface area contributed by atoms with Crippen molar-refractivity contribution < 1.29 is 28.5 Å². The molecular formula is C35H38N3O6+. The van der Waals surface area contributed by atoms with Gasteiger partial charge in [-0.2, -0.15) is 0 Å². The molecule has 9 nitrogen and oxygen atoms in total. The van der Waals surface area contributed by atoms with Crippen LogP contribution in [0.4, 0.5) is 5.69 Å². The highest BCUT2D eigenvalue weighted by Gasteiger charge is 2.42. The Morgan fingerprint density at radius 1 is 0.886 bits per heavy atom. The number of ether oxygens (including phenoxy) is 2. The first-order valence-corrected chi connectivity index (χ1v) is 14.8. The zero-order chi connectivity index (χ0) is 31.3. The average molecular weight is 597 g/mol. The van der Waals surface area contributed by atoms with Crippen molar-refractivity contribution in [2.75, 3.05) is 20.2 Å². The van der Waals surface area contributed by atoms with Gasteiger partial charge in [-0.3, -0.25) is 10.1 Å². The maximum absolute atomic E-state index is 14.1. The van der Waals surface area contributed by atoms with E-state index in [1.165, 1.54) is 30.4 Å². The summed E-state index contributed by atoms with van der Waals surface area (Å²) < 4.78 is 12.1. The number of quaternary nitrogens is 1. The Balaban J connectivity index is 1.47. The summed E-state index contributed by atoms with van der Waals surface area (Å²) in [6.45, 7) is 6.67. The fourth-order valence-corrected chi connectivity index (χ4v) is 6.66. The van der Waals surface area contributed by atoms with E-state index in [4.69, 9.17) is 9.47 Å². The van der Waals surface area contributed by atoms with E-state index in [9.17, 15) is 19.7 Å². The van der Waals surface area contributed by atoms with E-state index in [1.807, 2.05) is 36.4 Å². The molecule has 2 unspecified atom stereocenters. The summed E-state index contributed by atoms with van der Waals surface area (Å²) in [5, 5.41) is 14.8. The number of esters is 2.